The van der Waals surface area contributed by atoms with Gasteiger partial charge < -0.3 is 9.73 Å². The summed E-state index contributed by atoms with van der Waals surface area (Å²) in [6.07, 6.45) is 0. The Morgan fingerprint density at radius 3 is 1.90 bits per heavy atom. The molecule has 0 unspecified atom stereocenters. The maximum absolute atomic E-state index is 6.63. The summed E-state index contributed by atoms with van der Waals surface area (Å²) >= 11 is 0. The Balaban J connectivity index is 1.13. The van der Waals surface area contributed by atoms with E-state index in [0.29, 0.717) is 0 Å². The minimum atomic E-state index is -0.429. The summed E-state index contributed by atoms with van der Waals surface area (Å²) in [5, 5.41) is 8.27. The molecule has 0 fully saturated rings. The van der Waals surface area contributed by atoms with E-state index in [1.165, 1.54) is 44.3 Å². The van der Waals surface area contributed by atoms with E-state index in [9.17, 15) is 0 Å². The van der Waals surface area contributed by atoms with Crippen LogP contribution in [0.4, 0.5) is 11.4 Å². The average molecular weight is 626 g/mol. The first-order chi connectivity index (χ1) is 24.3. The predicted octanol–water partition coefficient (Wildman–Crippen LogP) is 12.5. The number of rotatable bonds is 5. The van der Waals surface area contributed by atoms with E-state index in [2.05, 4.69) is 187 Å². The molecule has 2 nitrogen and oxygen atoms in total. The average Bonchev–Trinajstić information content (AvgIpc) is 3.71. The molecular weight excluding hydrogens is 595 g/mol. The standard InChI is InChI=1S/C47H31NO/c1-3-16-33(17-4-1)47(34-18-5-2-6-19-34)41-25-10-9-22-40(41)44-36(23-12-26-42(44)47)32-15-11-20-35(30-32)48-43-27-13-24-38-39-29-28-31-14-7-8-21-37(31)45(39)49-46(38)43/h1-30,48H. The quantitative estimate of drug-likeness (QED) is 0.206. The zero-order valence-corrected chi connectivity index (χ0v) is 26.7. The van der Waals surface area contributed by atoms with Crippen LogP contribution in [0.15, 0.2) is 186 Å². The van der Waals surface area contributed by atoms with Gasteiger partial charge in [-0.1, -0.05) is 158 Å². The van der Waals surface area contributed by atoms with Crippen molar-refractivity contribution in [2.24, 2.45) is 0 Å². The lowest BCUT2D eigenvalue weighted by Crippen LogP contribution is -2.28. The highest BCUT2D eigenvalue weighted by Crippen LogP contribution is 2.58. The maximum Gasteiger partial charge on any atom is 0.158 e. The number of hydrogen-bond acceptors (Lipinski definition) is 2. The lowest BCUT2D eigenvalue weighted by atomic mass is 9.67. The van der Waals surface area contributed by atoms with Gasteiger partial charge in [-0.2, -0.15) is 0 Å². The molecule has 1 N–H and O–H groups in total. The van der Waals surface area contributed by atoms with Crippen molar-refractivity contribution in [1.29, 1.82) is 0 Å². The second-order valence-corrected chi connectivity index (χ2v) is 12.9. The van der Waals surface area contributed by atoms with Gasteiger partial charge in [0.25, 0.3) is 0 Å². The van der Waals surface area contributed by atoms with Gasteiger partial charge >= 0.3 is 0 Å². The van der Waals surface area contributed by atoms with Crippen molar-refractivity contribution >= 4 is 44.1 Å². The summed E-state index contributed by atoms with van der Waals surface area (Å²) in [5.74, 6) is 0. The van der Waals surface area contributed by atoms with Crippen LogP contribution in [-0.4, -0.2) is 0 Å². The number of para-hydroxylation sites is 1. The van der Waals surface area contributed by atoms with E-state index in [-0.39, 0.29) is 0 Å². The lowest BCUT2D eigenvalue weighted by Gasteiger charge is -2.34. The molecule has 1 heterocycles. The van der Waals surface area contributed by atoms with Crippen LogP contribution in [0, 0.1) is 0 Å². The Labute approximate surface area is 284 Å². The largest absolute Gasteiger partial charge is 0.453 e. The van der Waals surface area contributed by atoms with E-state index < -0.39 is 5.41 Å². The lowest BCUT2D eigenvalue weighted by molar-refractivity contribution is 0.674. The van der Waals surface area contributed by atoms with Gasteiger partial charge in [0.05, 0.1) is 11.1 Å². The minimum Gasteiger partial charge on any atom is -0.453 e. The van der Waals surface area contributed by atoms with Crippen LogP contribution < -0.4 is 5.32 Å². The van der Waals surface area contributed by atoms with Crippen molar-refractivity contribution in [3.05, 3.63) is 204 Å². The molecule has 0 atom stereocenters. The Bertz CT molecular complexity index is 2650. The van der Waals surface area contributed by atoms with E-state index >= 15 is 0 Å². The van der Waals surface area contributed by atoms with Crippen LogP contribution in [0.25, 0.3) is 55.0 Å². The molecule has 49 heavy (non-hydrogen) atoms. The summed E-state index contributed by atoms with van der Waals surface area (Å²) in [7, 11) is 0. The van der Waals surface area contributed by atoms with Crippen molar-refractivity contribution in [1.82, 2.24) is 0 Å². The van der Waals surface area contributed by atoms with Gasteiger partial charge in [-0.05, 0) is 74.2 Å². The van der Waals surface area contributed by atoms with Crippen LogP contribution in [0.2, 0.25) is 0 Å². The SMILES string of the molecule is c1ccc(C2(c3ccccc3)c3ccccc3-c3c(-c4cccc(Nc5cccc6c5oc5c7ccccc7ccc65)c4)cccc32)cc1. The molecule has 1 aliphatic rings. The first kappa shape index (κ1) is 27.7. The first-order valence-electron chi connectivity index (χ1n) is 16.9. The molecule has 0 saturated heterocycles. The zero-order valence-electron chi connectivity index (χ0n) is 26.7. The third-order valence-corrected chi connectivity index (χ3v) is 10.3. The molecule has 230 valence electrons. The second kappa shape index (κ2) is 10.8. The van der Waals surface area contributed by atoms with E-state index in [1.54, 1.807) is 0 Å². The van der Waals surface area contributed by atoms with E-state index in [1.807, 2.05) is 0 Å². The van der Waals surface area contributed by atoms with Crippen LogP contribution in [0.5, 0.6) is 0 Å². The number of benzene rings is 8. The molecule has 0 amide bonds. The minimum absolute atomic E-state index is 0.429. The maximum atomic E-state index is 6.63. The molecule has 8 aromatic carbocycles. The molecule has 10 rings (SSSR count). The molecule has 0 spiro atoms. The third kappa shape index (κ3) is 4.07. The van der Waals surface area contributed by atoms with E-state index in [0.717, 1.165) is 44.3 Å². The van der Waals surface area contributed by atoms with Crippen molar-refractivity contribution in [3.8, 4) is 22.3 Å². The summed E-state index contributed by atoms with van der Waals surface area (Å²) in [5.41, 5.74) is 13.4. The first-order valence-corrected chi connectivity index (χ1v) is 16.9. The fourth-order valence-corrected chi connectivity index (χ4v) is 8.28. The molecule has 1 aliphatic carbocycles. The Morgan fingerprint density at radius 1 is 0.429 bits per heavy atom. The predicted molar refractivity (Wildman–Crippen MR) is 204 cm³/mol. The van der Waals surface area contributed by atoms with Gasteiger partial charge in [-0.15, -0.1) is 0 Å². The van der Waals surface area contributed by atoms with Gasteiger partial charge in [0.2, 0.25) is 0 Å². The van der Waals surface area contributed by atoms with Gasteiger partial charge in [0.1, 0.15) is 5.58 Å². The van der Waals surface area contributed by atoms with Gasteiger partial charge in [0, 0.05) is 21.8 Å². The summed E-state index contributed by atoms with van der Waals surface area (Å²) in [6, 6.07) is 65.6. The van der Waals surface area contributed by atoms with Crippen LogP contribution >= 0.6 is 0 Å². The highest BCUT2D eigenvalue weighted by Gasteiger charge is 2.46. The summed E-state index contributed by atoms with van der Waals surface area (Å²) < 4.78 is 6.63. The fourth-order valence-electron chi connectivity index (χ4n) is 8.28. The monoisotopic (exact) mass is 625 g/mol. The summed E-state index contributed by atoms with van der Waals surface area (Å²) in [6.45, 7) is 0. The van der Waals surface area contributed by atoms with Gasteiger partial charge in [0.15, 0.2) is 5.58 Å². The van der Waals surface area contributed by atoms with Crippen molar-refractivity contribution in [2.75, 3.05) is 5.32 Å². The normalized spacial score (nSPS) is 13.1. The highest BCUT2D eigenvalue weighted by atomic mass is 16.3. The van der Waals surface area contributed by atoms with Crippen LogP contribution in [0.1, 0.15) is 22.3 Å². The van der Waals surface area contributed by atoms with Crippen molar-refractivity contribution in [3.63, 3.8) is 0 Å². The number of furan rings is 1. The van der Waals surface area contributed by atoms with Gasteiger partial charge in [-0.3, -0.25) is 0 Å². The van der Waals surface area contributed by atoms with Crippen molar-refractivity contribution in [2.45, 2.75) is 5.41 Å². The Hall–Kier alpha value is -6.38. The zero-order chi connectivity index (χ0) is 32.4. The summed E-state index contributed by atoms with van der Waals surface area (Å²) in [4.78, 5) is 0. The van der Waals surface area contributed by atoms with Gasteiger partial charge in [-0.25, -0.2) is 0 Å². The Kier molecular flexibility index (Phi) is 6.13. The number of hydrogen-bond donors (Lipinski definition) is 1. The fraction of sp³-hybridized carbons (Fsp3) is 0.0213. The Morgan fingerprint density at radius 2 is 1.06 bits per heavy atom. The number of nitrogens with one attached hydrogen (secondary N) is 1. The molecular formula is C47H31NO. The molecule has 9 aromatic rings. The topological polar surface area (TPSA) is 25.2 Å². The molecule has 0 saturated carbocycles. The van der Waals surface area contributed by atoms with Crippen LogP contribution in [0.3, 0.4) is 0 Å². The van der Waals surface area contributed by atoms with Crippen LogP contribution in [-0.2, 0) is 5.41 Å². The third-order valence-electron chi connectivity index (χ3n) is 10.3. The molecule has 2 heteroatoms. The number of fused-ring (bicyclic) bond motifs is 8. The van der Waals surface area contributed by atoms with E-state index in [4.69, 9.17) is 4.42 Å². The molecule has 0 aliphatic heterocycles. The second-order valence-electron chi connectivity index (χ2n) is 12.9. The highest BCUT2D eigenvalue weighted by molar-refractivity contribution is 6.17. The smallest absolute Gasteiger partial charge is 0.158 e. The molecule has 0 bridgehead atoms. The number of anilines is 2. The van der Waals surface area contributed by atoms with Crippen molar-refractivity contribution < 1.29 is 4.42 Å². The molecule has 1 aromatic heterocycles. The molecule has 0 radical (unpaired) electrons.